The standard InChI is InChI=1S/C20H21N5O3/c1-2-28-17-14-25(16-8-4-3-5-9-16)24-18(17)20(27)23-12-11-22-19(26)15-7-6-10-21-13-15/h3-10,13-14H,2,11-12H2,1H3,(H,22,26)(H,23,27). The molecule has 0 bridgehead atoms. The molecule has 8 heteroatoms. The van der Waals surface area contributed by atoms with Crippen LogP contribution in [0, 0.1) is 0 Å². The Morgan fingerprint density at radius 2 is 1.79 bits per heavy atom. The number of nitrogens with zero attached hydrogens (tertiary/aromatic N) is 3. The van der Waals surface area contributed by atoms with Crippen LogP contribution in [0.4, 0.5) is 0 Å². The second kappa shape index (κ2) is 9.31. The molecule has 3 rings (SSSR count). The number of pyridine rings is 1. The molecule has 8 nitrogen and oxygen atoms in total. The lowest BCUT2D eigenvalue weighted by molar-refractivity contribution is 0.0922. The van der Waals surface area contributed by atoms with Gasteiger partial charge in [-0.25, -0.2) is 4.68 Å². The molecular weight excluding hydrogens is 358 g/mol. The van der Waals surface area contributed by atoms with Crippen molar-refractivity contribution in [2.24, 2.45) is 0 Å². The quantitative estimate of drug-likeness (QED) is 0.582. The smallest absolute Gasteiger partial charge is 0.275 e. The molecule has 3 aromatic rings. The summed E-state index contributed by atoms with van der Waals surface area (Å²) in [7, 11) is 0. The third-order valence-corrected chi connectivity index (χ3v) is 3.84. The third-order valence-electron chi connectivity index (χ3n) is 3.84. The Hall–Kier alpha value is -3.68. The number of para-hydroxylation sites is 1. The Kier molecular flexibility index (Phi) is 6.35. The van der Waals surface area contributed by atoms with E-state index in [0.717, 1.165) is 5.69 Å². The fourth-order valence-corrected chi connectivity index (χ4v) is 2.52. The van der Waals surface area contributed by atoms with Crippen LogP contribution in [0.3, 0.4) is 0 Å². The fourth-order valence-electron chi connectivity index (χ4n) is 2.52. The van der Waals surface area contributed by atoms with Gasteiger partial charge in [0.15, 0.2) is 11.4 Å². The molecule has 0 radical (unpaired) electrons. The van der Waals surface area contributed by atoms with Gasteiger partial charge in [0.1, 0.15) is 0 Å². The Bertz CT molecular complexity index is 926. The first-order valence-corrected chi connectivity index (χ1v) is 8.93. The molecule has 0 aliphatic carbocycles. The molecule has 0 atom stereocenters. The maximum absolute atomic E-state index is 12.5. The number of benzene rings is 1. The second-order valence-electron chi connectivity index (χ2n) is 5.81. The topological polar surface area (TPSA) is 98.1 Å². The molecule has 0 aliphatic heterocycles. The highest BCUT2D eigenvalue weighted by atomic mass is 16.5. The first-order chi connectivity index (χ1) is 13.7. The zero-order valence-electron chi connectivity index (χ0n) is 15.5. The molecule has 1 aromatic carbocycles. The largest absolute Gasteiger partial charge is 0.490 e. The summed E-state index contributed by atoms with van der Waals surface area (Å²) in [5, 5.41) is 9.81. The van der Waals surface area contributed by atoms with Gasteiger partial charge in [-0.2, -0.15) is 5.10 Å². The minimum Gasteiger partial charge on any atom is -0.490 e. The van der Waals surface area contributed by atoms with E-state index in [9.17, 15) is 9.59 Å². The molecule has 2 aromatic heterocycles. The molecule has 0 saturated carbocycles. The summed E-state index contributed by atoms with van der Waals surface area (Å²) in [6, 6.07) is 12.8. The van der Waals surface area contributed by atoms with Crippen molar-refractivity contribution in [3.63, 3.8) is 0 Å². The van der Waals surface area contributed by atoms with E-state index in [1.54, 1.807) is 29.2 Å². The van der Waals surface area contributed by atoms with Crippen molar-refractivity contribution in [3.05, 3.63) is 72.3 Å². The van der Waals surface area contributed by atoms with E-state index in [4.69, 9.17) is 4.74 Å². The van der Waals surface area contributed by atoms with E-state index in [2.05, 4.69) is 20.7 Å². The summed E-state index contributed by atoms with van der Waals surface area (Å²) in [5.74, 6) is -0.206. The Balaban J connectivity index is 1.59. The zero-order valence-corrected chi connectivity index (χ0v) is 15.5. The molecule has 144 valence electrons. The summed E-state index contributed by atoms with van der Waals surface area (Å²) in [6.07, 6.45) is 4.76. The van der Waals surface area contributed by atoms with Crippen molar-refractivity contribution < 1.29 is 14.3 Å². The lowest BCUT2D eigenvalue weighted by Crippen LogP contribution is -2.35. The van der Waals surface area contributed by atoms with Crippen LogP contribution in [0.5, 0.6) is 5.75 Å². The maximum Gasteiger partial charge on any atom is 0.275 e. The molecule has 0 aliphatic rings. The van der Waals surface area contributed by atoms with E-state index in [1.165, 1.54) is 6.20 Å². The van der Waals surface area contributed by atoms with Gasteiger partial charge >= 0.3 is 0 Å². The molecule has 2 N–H and O–H groups in total. The highest BCUT2D eigenvalue weighted by Crippen LogP contribution is 2.19. The number of ether oxygens (including phenoxy) is 1. The van der Waals surface area contributed by atoms with Gasteiger partial charge in [0.2, 0.25) is 0 Å². The van der Waals surface area contributed by atoms with Gasteiger partial charge in [0, 0.05) is 25.5 Å². The van der Waals surface area contributed by atoms with Crippen molar-refractivity contribution >= 4 is 11.8 Å². The van der Waals surface area contributed by atoms with Crippen LogP contribution in [0.25, 0.3) is 5.69 Å². The fraction of sp³-hybridized carbons (Fsp3) is 0.200. The molecular formula is C20H21N5O3. The normalized spacial score (nSPS) is 10.3. The molecule has 2 amide bonds. The minimum absolute atomic E-state index is 0.198. The first kappa shape index (κ1) is 19.1. The van der Waals surface area contributed by atoms with Crippen LogP contribution in [-0.4, -0.2) is 46.3 Å². The van der Waals surface area contributed by atoms with Crippen LogP contribution in [0.15, 0.2) is 61.1 Å². The van der Waals surface area contributed by atoms with Crippen molar-refractivity contribution in [1.82, 2.24) is 25.4 Å². The van der Waals surface area contributed by atoms with Crippen LogP contribution in [-0.2, 0) is 0 Å². The molecule has 0 saturated heterocycles. The van der Waals surface area contributed by atoms with Gasteiger partial charge < -0.3 is 15.4 Å². The highest BCUT2D eigenvalue weighted by Gasteiger charge is 2.18. The SMILES string of the molecule is CCOc1cn(-c2ccccc2)nc1C(=O)NCCNC(=O)c1cccnc1. The number of hydrogen-bond donors (Lipinski definition) is 2. The monoisotopic (exact) mass is 379 g/mol. The minimum atomic E-state index is -0.367. The average molecular weight is 379 g/mol. The third kappa shape index (κ3) is 4.73. The van der Waals surface area contributed by atoms with Crippen molar-refractivity contribution in [2.45, 2.75) is 6.92 Å². The van der Waals surface area contributed by atoms with Crippen LogP contribution in [0.1, 0.15) is 27.8 Å². The molecule has 0 spiro atoms. The summed E-state index contributed by atoms with van der Waals surface area (Å²) in [6.45, 7) is 2.80. The molecule has 0 fully saturated rings. The second-order valence-corrected chi connectivity index (χ2v) is 5.81. The number of nitrogens with one attached hydrogen (secondary N) is 2. The summed E-state index contributed by atoms with van der Waals surface area (Å²) >= 11 is 0. The first-order valence-electron chi connectivity index (χ1n) is 8.93. The van der Waals surface area contributed by atoms with E-state index in [1.807, 2.05) is 37.3 Å². The predicted octanol–water partition coefficient (Wildman–Crippen LogP) is 1.83. The molecule has 2 heterocycles. The van der Waals surface area contributed by atoms with E-state index < -0.39 is 0 Å². The van der Waals surface area contributed by atoms with Gasteiger partial charge in [0.25, 0.3) is 11.8 Å². The van der Waals surface area contributed by atoms with Gasteiger partial charge in [-0.15, -0.1) is 0 Å². The zero-order chi connectivity index (χ0) is 19.8. The lowest BCUT2D eigenvalue weighted by atomic mass is 10.3. The van der Waals surface area contributed by atoms with Crippen molar-refractivity contribution in [3.8, 4) is 11.4 Å². The summed E-state index contributed by atoms with van der Waals surface area (Å²) < 4.78 is 7.14. The highest BCUT2D eigenvalue weighted by molar-refractivity contribution is 5.95. The number of carbonyl (C=O) groups excluding carboxylic acids is 2. The van der Waals surface area contributed by atoms with E-state index >= 15 is 0 Å². The number of amides is 2. The number of rotatable bonds is 8. The van der Waals surface area contributed by atoms with Crippen LogP contribution >= 0.6 is 0 Å². The maximum atomic E-state index is 12.5. The Morgan fingerprint density at radius 3 is 2.46 bits per heavy atom. The lowest BCUT2D eigenvalue weighted by Gasteiger charge is -2.07. The Morgan fingerprint density at radius 1 is 1.04 bits per heavy atom. The van der Waals surface area contributed by atoms with Gasteiger partial charge in [-0.05, 0) is 31.2 Å². The van der Waals surface area contributed by atoms with Crippen molar-refractivity contribution in [1.29, 1.82) is 0 Å². The van der Waals surface area contributed by atoms with E-state index in [-0.39, 0.29) is 30.6 Å². The number of aromatic nitrogens is 3. The van der Waals surface area contributed by atoms with Gasteiger partial charge in [0.05, 0.1) is 24.1 Å². The molecule has 28 heavy (non-hydrogen) atoms. The van der Waals surface area contributed by atoms with Crippen LogP contribution in [0.2, 0.25) is 0 Å². The summed E-state index contributed by atoms with van der Waals surface area (Å²) in [5.41, 5.74) is 1.49. The van der Waals surface area contributed by atoms with Gasteiger partial charge in [-0.1, -0.05) is 18.2 Å². The molecule has 0 unspecified atom stereocenters. The van der Waals surface area contributed by atoms with Crippen LogP contribution < -0.4 is 15.4 Å². The summed E-state index contributed by atoms with van der Waals surface area (Å²) in [4.78, 5) is 28.4. The predicted molar refractivity (Wildman–Crippen MR) is 104 cm³/mol. The Labute approximate surface area is 162 Å². The van der Waals surface area contributed by atoms with Gasteiger partial charge in [-0.3, -0.25) is 14.6 Å². The van der Waals surface area contributed by atoms with E-state index in [0.29, 0.717) is 17.9 Å². The number of hydrogen-bond acceptors (Lipinski definition) is 5. The average Bonchev–Trinajstić information content (AvgIpc) is 3.16. The van der Waals surface area contributed by atoms with Crippen molar-refractivity contribution in [2.75, 3.05) is 19.7 Å². The number of carbonyl (C=O) groups is 2.